The molecule has 3 heteroatoms. The molecular weight excluding hydrogens is 130 g/mol. The normalized spacial score (nSPS) is 24.0. The summed E-state index contributed by atoms with van der Waals surface area (Å²) in [6.45, 7) is 5.50. The van der Waals surface area contributed by atoms with Crippen molar-refractivity contribution < 1.29 is 9.47 Å². The van der Waals surface area contributed by atoms with Gasteiger partial charge < -0.3 is 15.2 Å². The molecule has 1 saturated heterocycles. The van der Waals surface area contributed by atoms with Gasteiger partial charge in [0.2, 0.25) is 0 Å². The third kappa shape index (κ3) is 1.68. The van der Waals surface area contributed by atoms with Crippen LogP contribution in [0.25, 0.3) is 0 Å². The number of hydrogen-bond acceptors (Lipinski definition) is 3. The molecule has 0 saturated carbocycles. The van der Waals surface area contributed by atoms with Gasteiger partial charge in [0.25, 0.3) is 0 Å². The summed E-state index contributed by atoms with van der Waals surface area (Å²) in [6.07, 6.45) is -0.167. The van der Waals surface area contributed by atoms with Crippen LogP contribution in [0.2, 0.25) is 0 Å². The maximum absolute atomic E-state index is 5.77. The average molecular weight is 145 g/mol. The van der Waals surface area contributed by atoms with E-state index in [2.05, 4.69) is 13.8 Å². The minimum Gasteiger partial charge on any atom is -0.349 e. The lowest BCUT2D eigenvalue weighted by Gasteiger charge is -2.20. The molecule has 1 aliphatic heterocycles. The first-order valence-electron chi connectivity index (χ1n) is 3.70. The van der Waals surface area contributed by atoms with E-state index in [0.29, 0.717) is 19.1 Å². The largest absolute Gasteiger partial charge is 0.349 e. The Morgan fingerprint density at radius 1 is 1.30 bits per heavy atom. The van der Waals surface area contributed by atoms with Gasteiger partial charge in [0.1, 0.15) is 0 Å². The van der Waals surface area contributed by atoms with E-state index in [4.69, 9.17) is 15.2 Å². The Kier molecular flexibility index (Phi) is 2.65. The summed E-state index contributed by atoms with van der Waals surface area (Å²) in [5.41, 5.74) is 5.77. The van der Waals surface area contributed by atoms with Crippen LogP contribution in [-0.2, 0) is 9.47 Å². The molecule has 0 aromatic carbocycles. The van der Waals surface area contributed by atoms with Crippen molar-refractivity contribution in [2.75, 3.05) is 13.2 Å². The Bertz CT molecular complexity index is 99.8. The predicted octanol–water partition coefficient (Wildman–Crippen LogP) is 0.343. The lowest BCUT2D eigenvalue weighted by molar-refractivity contribution is -0.0679. The Morgan fingerprint density at radius 3 is 2.20 bits per heavy atom. The molecule has 1 rings (SSSR count). The van der Waals surface area contributed by atoms with E-state index >= 15 is 0 Å². The van der Waals surface area contributed by atoms with Crippen LogP contribution in [-0.4, -0.2) is 25.5 Å². The van der Waals surface area contributed by atoms with Gasteiger partial charge in [0.05, 0.1) is 19.3 Å². The molecule has 60 valence electrons. The number of nitrogens with two attached hydrogens (primary N) is 1. The number of ether oxygens (including phenoxy) is 2. The second-order valence-corrected chi connectivity index (χ2v) is 2.93. The van der Waals surface area contributed by atoms with Crippen molar-refractivity contribution >= 4 is 0 Å². The standard InChI is InChI=1S/C7H15NO2/c1-5(2)6(8)7-9-3-4-10-7/h5-7H,3-4,8H2,1-2H3. The van der Waals surface area contributed by atoms with Crippen molar-refractivity contribution in [3.8, 4) is 0 Å². The molecule has 0 bridgehead atoms. The van der Waals surface area contributed by atoms with Crippen molar-refractivity contribution in [2.24, 2.45) is 11.7 Å². The fraction of sp³-hybridized carbons (Fsp3) is 1.00. The molecule has 3 nitrogen and oxygen atoms in total. The Morgan fingerprint density at radius 2 is 1.80 bits per heavy atom. The zero-order valence-electron chi connectivity index (χ0n) is 6.54. The van der Waals surface area contributed by atoms with Crippen LogP contribution in [0.1, 0.15) is 13.8 Å². The summed E-state index contributed by atoms with van der Waals surface area (Å²) < 4.78 is 10.5. The average Bonchev–Trinajstić information content (AvgIpc) is 2.36. The third-order valence-electron chi connectivity index (χ3n) is 1.73. The SMILES string of the molecule is CC(C)C(N)C1OCCO1. The molecule has 1 unspecified atom stereocenters. The maximum atomic E-state index is 5.77. The minimum absolute atomic E-state index is 0.0162. The van der Waals surface area contributed by atoms with Crippen molar-refractivity contribution in [1.29, 1.82) is 0 Å². The number of hydrogen-bond donors (Lipinski definition) is 1. The van der Waals surface area contributed by atoms with Crippen molar-refractivity contribution in [3.63, 3.8) is 0 Å². The second kappa shape index (κ2) is 3.32. The fourth-order valence-corrected chi connectivity index (χ4v) is 0.913. The first kappa shape index (κ1) is 7.98. The summed E-state index contributed by atoms with van der Waals surface area (Å²) in [7, 11) is 0. The highest BCUT2D eigenvalue weighted by molar-refractivity contribution is 4.71. The molecular formula is C7H15NO2. The maximum Gasteiger partial charge on any atom is 0.172 e. The van der Waals surface area contributed by atoms with Crippen LogP contribution in [0.3, 0.4) is 0 Å². The van der Waals surface area contributed by atoms with Crippen LogP contribution in [0.15, 0.2) is 0 Å². The molecule has 10 heavy (non-hydrogen) atoms. The van der Waals surface area contributed by atoms with Crippen LogP contribution < -0.4 is 5.73 Å². The molecule has 0 spiro atoms. The van der Waals surface area contributed by atoms with Crippen molar-refractivity contribution in [1.82, 2.24) is 0 Å². The van der Waals surface area contributed by atoms with E-state index in [1.54, 1.807) is 0 Å². The lowest BCUT2D eigenvalue weighted by atomic mass is 10.1. The summed E-state index contributed by atoms with van der Waals surface area (Å²) in [4.78, 5) is 0. The summed E-state index contributed by atoms with van der Waals surface area (Å²) >= 11 is 0. The molecule has 0 amide bonds. The highest BCUT2D eigenvalue weighted by Gasteiger charge is 2.25. The molecule has 0 aliphatic carbocycles. The summed E-state index contributed by atoms with van der Waals surface area (Å²) in [6, 6.07) is 0.0162. The third-order valence-corrected chi connectivity index (χ3v) is 1.73. The van der Waals surface area contributed by atoms with Gasteiger partial charge >= 0.3 is 0 Å². The van der Waals surface area contributed by atoms with Gasteiger partial charge in [-0.1, -0.05) is 13.8 Å². The minimum atomic E-state index is -0.167. The van der Waals surface area contributed by atoms with E-state index in [1.807, 2.05) is 0 Å². The Hall–Kier alpha value is -0.120. The monoisotopic (exact) mass is 145 g/mol. The molecule has 2 N–H and O–H groups in total. The molecule has 1 atom stereocenters. The van der Waals surface area contributed by atoms with E-state index in [9.17, 15) is 0 Å². The fourth-order valence-electron chi connectivity index (χ4n) is 0.913. The second-order valence-electron chi connectivity index (χ2n) is 2.93. The zero-order chi connectivity index (χ0) is 7.56. The smallest absolute Gasteiger partial charge is 0.172 e. The highest BCUT2D eigenvalue weighted by Crippen LogP contribution is 2.12. The quantitative estimate of drug-likeness (QED) is 0.609. The first-order valence-corrected chi connectivity index (χ1v) is 3.70. The van der Waals surface area contributed by atoms with Gasteiger partial charge in [-0.25, -0.2) is 0 Å². The van der Waals surface area contributed by atoms with E-state index in [-0.39, 0.29) is 12.3 Å². The Labute approximate surface area is 61.5 Å². The van der Waals surface area contributed by atoms with Gasteiger partial charge in [-0.15, -0.1) is 0 Å². The first-order chi connectivity index (χ1) is 4.72. The van der Waals surface area contributed by atoms with Gasteiger partial charge in [-0.05, 0) is 5.92 Å². The van der Waals surface area contributed by atoms with Gasteiger partial charge in [-0.2, -0.15) is 0 Å². The topological polar surface area (TPSA) is 44.5 Å². The van der Waals surface area contributed by atoms with Crippen LogP contribution >= 0.6 is 0 Å². The van der Waals surface area contributed by atoms with Crippen molar-refractivity contribution in [3.05, 3.63) is 0 Å². The molecule has 1 heterocycles. The van der Waals surface area contributed by atoms with Crippen LogP contribution in [0.4, 0.5) is 0 Å². The molecule has 0 radical (unpaired) electrons. The Balaban J connectivity index is 2.32. The van der Waals surface area contributed by atoms with Crippen molar-refractivity contribution in [2.45, 2.75) is 26.2 Å². The molecule has 0 aromatic rings. The zero-order valence-corrected chi connectivity index (χ0v) is 6.54. The molecule has 1 fully saturated rings. The highest BCUT2D eigenvalue weighted by atomic mass is 16.7. The molecule has 0 aromatic heterocycles. The number of rotatable bonds is 2. The van der Waals surface area contributed by atoms with Gasteiger partial charge in [0.15, 0.2) is 6.29 Å². The van der Waals surface area contributed by atoms with Crippen LogP contribution in [0, 0.1) is 5.92 Å². The van der Waals surface area contributed by atoms with E-state index in [1.165, 1.54) is 0 Å². The summed E-state index contributed by atoms with van der Waals surface area (Å²) in [5.74, 6) is 0.420. The van der Waals surface area contributed by atoms with E-state index < -0.39 is 0 Å². The molecule has 1 aliphatic rings. The summed E-state index contributed by atoms with van der Waals surface area (Å²) in [5, 5.41) is 0. The van der Waals surface area contributed by atoms with Gasteiger partial charge in [-0.3, -0.25) is 0 Å². The lowest BCUT2D eigenvalue weighted by Crippen LogP contribution is -2.39. The van der Waals surface area contributed by atoms with Crippen LogP contribution in [0.5, 0.6) is 0 Å². The van der Waals surface area contributed by atoms with Gasteiger partial charge in [0, 0.05) is 0 Å². The predicted molar refractivity (Wildman–Crippen MR) is 38.5 cm³/mol. The van der Waals surface area contributed by atoms with E-state index in [0.717, 1.165) is 0 Å².